The molecule has 0 bridgehead atoms. The van der Waals surface area contributed by atoms with Crippen LogP contribution in [0.3, 0.4) is 0 Å². The van der Waals surface area contributed by atoms with Gasteiger partial charge in [0.15, 0.2) is 0 Å². The second-order valence-electron chi connectivity index (χ2n) is 10.4. The first-order chi connectivity index (χ1) is 18.0. The summed E-state index contributed by atoms with van der Waals surface area (Å²) in [4.78, 5) is 0. The molecule has 3 aromatic carbocycles. The first-order valence-corrected chi connectivity index (χ1v) is 13.5. The summed E-state index contributed by atoms with van der Waals surface area (Å²) in [6.07, 6.45) is 7.36. The van der Waals surface area contributed by atoms with E-state index in [4.69, 9.17) is 32.7 Å². The predicted octanol–water partition coefficient (Wildman–Crippen LogP) is 7.84. The largest absolute Gasteiger partial charge is 0.487 e. The highest BCUT2D eigenvalue weighted by molar-refractivity contribution is 6.43. The van der Waals surface area contributed by atoms with Crippen LogP contribution in [0.4, 0.5) is 0 Å². The lowest BCUT2D eigenvalue weighted by Crippen LogP contribution is -2.26. The van der Waals surface area contributed by atoms with Crippen LogP contribution in [0.2, 0.25) is 10.0 Å². The third-order valence-electron chi connectivity index (χ3n) is 7.87. The smallest absolute Gasteiger partial charge is 0.204 e. The minimum absolute atomic E-state index is 0.264. The number of aromatic amines is 1. The van der Waals surface area contributed by atoms with Crippen molar-refractivity contribution in [2.75, 3.05) is 0 Å². The molecule has 1 fully saturated rings. The molecule has 0 saturated heterocycles. The maximum absolute atomic E-state index is 6.77. The van der Waals surface area contributed by atoms with E-state index in [-0.39, 0.29) is 5.41 Å². The number of nitrogens with one attached hydrogen (secondary N) is 1. The van der Waals surface area contributed by atoms with Crippen molar-refractivity contribution in [3.8, 4) is 28.6 Å². The summed E-state index contributed by atoms with van der Waals surface area (Å²) in [5, 5.41) is 15.2. The van der Waals surface area contributed by atoms with Gasteiger partial charge in [-0.05, 0) is 101 Å². The molecule has 0 spiro atoms. The molecule has 4 aromatic rings. The van der Waals surface area contributed by atoms with Gasteiger partial charge in [-0.2, -0.15) is 5.21 Å². The van der Waals surface area contributed by atoms with Gasteiger partial charge in [0, 0.05) is 5.56 Å². The van der Waals surface area contributed by atoms with E-state index in [0.29, 0.717) is 34.0 Å². The van der Waals surface area contributed by atoms with E-state index in [1.54, 1.807) is 0 Å². The number of fused-ring (bicyclic) bond motifs is 1. The van der Waals surface area contributed by atoms with Gasteiger partial charge < -0.3 is 9.47 Å². The van der Waals surface area contributed by atoms with Gasteiger partial charge in [-0.1, -0.05) is 55.1 Å². The van der Waals surface area contributed by atoms with Crippen LogP contribution in [0.5, 0.6) is 17.2 Å². The number of halogens is 2. The van der Waals surface area contributed by atoms with Crippen LogP contribution in [0.1, 0.15) is 49.3 Å². The Balaban J connectivity index is 1.14. The third-order valence-corrected chi connectivity index (χ3v) is 8.76. The van der Waals surface area contributed by atoms with Crippen molar-refractivity contribution in [3.05, 3.63) is 81.3 Å². The Hall–Kier alpha value is -3.09. The van der Waals surface area contributed by atoms with Crippen molar-refractivity contribution in [2.24, 2.45) is 11.3 Å². The molecule has 1 N–H and O–H groups in total. The fraction of sp³-hybridized carbons (Fsp3) is 0.345. The molecule has 0 radical (unpaired) electrons. The maximum atomic E-state index is 6.77. The Kier molecular flexibility index (Phi) is 6.55. The van der Waals surface area contributed by atoms with Crippen molar-refractivity contribution < 1.29 is 9.47 Å². The first-order valence-electron chi connectivity index (χ1n) is 12.7. The van der Waals surface area contributed by atoms with Crippen LogP contribution < -0.4 is 9.47 Å². The number of aromatic nitrogens is 4. The van der Waals surface area contributed by atoms with Gasteiger partial charge in [0.25, 0.3) is 0 Å². The molecule has 6 rings (SSSR count). The molecule has 190 valence electrons. The molecule has 8 heteroatoms. The van der Waals surface area contributed by atoms with E-state index in [0.717, 1.165) is 35.6 Å². The number of hydrogen-bond donors (Lipinski definition) is 1. The monoisotopic (exact) mass is 534 g/mol. The van der Waals surface area contributed by atoms with Gasteiger partial charge >= 0.3 is 0 Å². The number of ether oxygens (including phenoxy) is 2. The molecule has 0 aliphatic heterocycles. The molecule has 0 amide bonds. The minimum Gasteiger partial charge on any atom is -0.487 e. The second-order valence-corrected chi connectivity index (χ2v) is 11.2. The number of tetrazole rings is 1. The lowest BCUT2D eigenvalue weighted by molar-refractivity contribution is 0.203. The SMILES string of the molecule is CC1(C2CCCC2)Cc2cc(OCc3cccc(Oc4ccc(-c5nn[nH]n5)cc4)c3)c(Cl)c(Cl)c2C1. The van der Waals surface area contributed by atoms with E-state index in [1.165, 1.54) is 36.8 Å². The molecule has 1 aromatic heterocycles. The summed E-state index contributed by atoms with van der Waals surface area (Å²) < 4.78 is 12.2. The zero-order chi connectivity index (χ0) is 25.4. The summed E-state index contributed by atoms with van der Waals surface area (Å²) in [5.74, 6) is 3.38. The van der Waals surface area contributed by atoms with Crippen molar-refractivity contribution >= 4 is 23.2 Å². The van der Waals surface area contributed by atoms with Gasteiger partial charge in [-0.25, -0.2) is 0 Å². The average molecular weight is 535 g/mol. The Morgan fingerprint density at radius 3 is 2.54 bits per heavy atom. The molecule has 1 atom stereocenters. The van der Waals surface area contributed by atoms with E-state index in [9.17, 15) is 0 Å². The predicted molar refractivity (Wildman–Crippen MR) is 144 cm³/mol. The molecule has 1 unspecified atom stereocenters. The number of H-pyrrole nitrogens is 1. The fourth-order valence-electron chi connectivity index (χ4n) is 5.91. The molecular formula is C29H28Cl2N4O2. The molecule has 1 saturated carbocycles. The number of nitrogens with zero attached hydrogens (tertiary/aromatic N) is 3. The summed E-state index contributed by atoms with van der Waals surface area (Å²) in [5.41, 5.74) is 4.58. The van der Waals surface area contributed by atoms with Crippen LogP contribution in [-0.4, -0.2) is 20.6 Å². The van der Waals surface area contributed by atoms with E-state index >= 15 is 0 Å². The maximum Gasteiger partial charge on any atom is 0.204 e. The van der Waals surface area contributed by atoms with Gasteiger partial charge in [0.2, 0.25) is 5.82 Å². The van der Waals surface area contributed by atoms with Crippen molar-refractivity contribution in [2.45, 2.75) is 52.1 Å². The van der Waals surface area contributed by atoms with Crippen molar-refractivity contribution in [3.63, 3.8) is 0 Å². The Labute approximate surface area is 226 Å². The highest BCUT2D eigenvalue weighted by atomic mass is 35.5. The fourth-order valence-corrected chi connectivity index (χ4v) is 6.41. The van der Waals surface area contributed by atoms with Gasteiger partial charge in [-0.15, -0.1) is 10.2 Å². The number of hydrogen-bond acceptors (Lipinski definition) is 5. The Morgan fingerprint density at radius 2 is 1.78 bits per heavy atom. The molecule has 2 aliphatic carbocycles. The minimum atomic E-state index is 0.264. The number of rotatable bonds is 7. The van der Waals surface area contributed by atoms with Crippen LogP contribution >= 0.6 is 23.2 Å². The molecular weight excluding hydrogens is 507 g/mol. The van der Waals surface area contributed by atoms with Gasteiger partial charge in [0.05, 0.1) is 5.02 Å². The molecule has 1 heterocycles. The van der Waals surface area contributed by atoms with Crippen molar-refractivity contribution in [1.82, 2.24) is 20.6 Å². The number of benzene rings is 3. The summed E-state index contributed by atoms with van der Waals surface area (Å²) in [7, 11) is 0. The lowest BCUT2D eigenvalue weighted by atomic mass is 9.74. The van der Waals surface area contributed by atoms with Crippen LogP contribution in [0.25, 0.3) is 11.4 Å². The third kappa shape index (κ3) is 4.92. The van der Waals surface area contributed by atoms with Crippen molar-refractivity contribution in [1.29, 1.82) is 0 Å². The topological polar surface area (TPSA) is 72.9 Å². The van der Waals surface area contributed by atoms with Crippen LogP contribution in [0, 0.1) is 11.3 Å². The van der Waals surface area contributed by atoms with Gasteiger partial charge in [-0.3, -0.25) is 0 Å². The van der Waals surface area contributed by atoms with Gasteiger partial charge in [0.1, 0.15) is 28.9 Å². The Bertz CT molecular complexity index is 1400. The normalized spacial score (nSPS) is 19.2. The lowest BCUT2D eigenvalue weighted by Gasteiger charge is -2.31. The van der Waals surface area contributed by atoms with E-state index < -0.39 is 0 Å². The summed E-state index contributed by atoms with van der Waals surface area (Å²) >= 11 is 13.5. The summed E-state index contributed by atoms with van der Waals surface area (Å²) in [6, 6.07) is 17.5. The van der Waals surface area contributed by atoms with Crippen LogP contribution in [0.15, 0.2) is 54.6 Å². The zero-order valence-corrected chi connectivity index (χ0v) is 22.1. The molecule has 2 aliphatic rings. The standard InChI is InChI=1S/C29H28Cl2N4O2/c1-29(21-6-2-3-7-21)15-20-14-25(27(31)26(30)24(20)16-29)36-17-18-5-4-8-23(13-18)37-22-11-9-19(10-12-22)28-32-34-35-33-28/h4-5,8-14,21H,2-3,6-7,15-17H2,1H3,(H,32,33,34,35). The van der Waals surface area contributed by atoms with Crippen LogP contribution in [-0.2, 0) is 19.4 Å². The quantitative estimate of drug-likeness (QED) is 0.261. The highest BCUT2D eigenvalue weighted by Crippen LogP contribution is 2.52. The molecule has 6 nitrogen and oxygen atoms in total. The van der Waals surface area contributed by atoms with E-state index in [2.05, 4.69) is 33.6 Å². The Morgan fingerprint density at radius 1 is 0.973 bits per heavy atom. The highest BCUT2D eigenvalue weighted by Gasteiger charge is 2.42. The average Bonchev–Trinajstić information content (AvgIpc) is 3.68. The first kappa shape index (κ1) is 24.3. The zero-order valence-electron chi connectivity index (χ0n) is 20.6. The molecule has 37 heavy (non-hydrogen) atoms. The van der Waals surface area contributed by atoms with E-state index in [1.807, 2.05) is 48.5 Å². The summed E-state index contributed by atoms with van der Waals surface area (Å²) in [6.45, 7) is 2.78. The second kappa shape index (κ2) is 9.99.